The van der Waals surface area contributed by atoms with E-state index in [4.69, 9.17) is 17.3 Å². The van der Waals surface area contributed by atoms with Crippen LogP contribution < -0.4 is 10.6 Å². The van der Waals surface area contributed by atoms with Gasteiger partial charge in [0, 0.05) is 19.6 Å². The molecule has 2 rings (SSSR count). The standard InChI is InChI=1S/C13H17ClN2/c14-12-10-11(4-3-7-15)5-6-13(12)16-8-1-2-9-16/h3-6,10H,1-2,7-9,15H2/b4-3+. The molecule has 1 aliphatic rings. The van der Waals surface area contributed by atoms with Gasteiger partial charge in [0.25, 0.3) is 0 Å². The van der Waals surface area contributed by atoms with Crippen LogP contribution in [-0.4, -0.2) is 19.6 Å². The maximum absolute atomic E-state index is 6.28. The summed E-state index contributed by atoms with van der Waals surface area (Å²) in [5.41, 5.74) is 7.68. The lowest BCUT2D eigenvalue weighted by molar-refractivity contribution is 0.949. The van der Waals surface area contributed by atoms with Gasteiger partial charge in [-0.15, -0.1) is 0 Å². The monoisotopic (exact) mass is 236 g/mol. The first-order chi connectivity index (χ1) is 7.81. The van der Waals surface area contributed by atoms with E-state index in [1.165, 1.54) is 12.8 Å². The Labute approximate surface area is 102 Å². The molecule has 86 valence electrons. The maximum Gasteiger partial charge on any atom is 0.0645 e. The molecule has 1 aromatic carbocycles. The zero-order valence-electron chi connectivity index (χ0n) is 9.32. The van der Waals surface area contributed by atoms with Crippen molar-refractivity contribution in [2.75, 3.05) is 24.5 Å². The summed E-state index contributed by atoms with van der Waals surface area (Å²) in [4.78, 5) is 2.35. The Morgan fingerprint density at radius 3 is 2.69 bits per heavy atom. The van der Waals surface area contributed by atoms with Crippen LogP contribution >= 0.6 is 11.6 Å². The summed E-state index contributed by atoms with van der Waals surface area (Å²) in [5.74, 6) is 0. The van der Waals surface area contributed by atoms with Gasteiger partial charge in [0.2, 0.25) is 0 Å². The molecule has 1 aliphatic heterocycles. The predicted octanol–water partition coefficient (Wildman–Crippen LogP) is 2.91. The highest BCUT2D eigenvalue weighted by molar-refractivity contribution is 6.33. The van der Waals surface area contributed by atoms with E-state index >= 15 is 0 Å². The summed E-state index contributed by atoms with van der Waals surface area (Å²) in [6.45, 7) is 2.81. The quantitative estimate of drug-likeness (QED) is 0.875. The lowest BCUT2D eigenvalue weighted by atomic mass is 10.2. The molecular formula is C13H17ClN2. The molecule has 0 amide bonds. The van der Waals surface area contributed by atoms with Crippen LogP contribution in [-0.2, 0) is 0 Å². The van der Waals surface area contributed by atoms with E-state index in [9.17, 15) is 0 Å². The second-order valence-electron chi connectivity index (χ2n) is 4.04. The van der Waals surface area contributed by atoms with E-state index in [0.29, 0.717) is 6.54 Å². The Bertz CT molecular complexity index is 382. The molecular weight excluding hydrogens is 220 g/mol. The van der Waals surface area contributed by atoms with Gasteiger partial charge in [0.05, 0.1) is 10.7 Å². The lowest BCUT2D eigenvalue weighted by Crippen LogP contribution is -2.17. The summed E-state index contributed by atoms with van der Waals surface area (Å²) in [7, 11) is 0. The van der Waals surface area contributed by atoms with E-state index in [0.717, 1.165) is 29.4 Å². The molecule has 1 fully saturated rings. The van der Waals surface area contributed by atoms with E-state index < -0.39 is 0 Å². The van der Waals surface area contributed by atoms with Crippen LogP contribution in [0.4, 0.5) is 5.69 Å². The number of anilines is 1. The Morgan fingerprint density at radius 2 is 2.06 bits per heavy atom. The largest absolute Gasteiger partial charge is 0.370 e. The van der Waals surface area contributed by atoms with Gasteiger partial charge in [0.15, 0.2) is 0 Å². The van der Waals surface area contributed by atoms with Crippen LogP contribution in [0.15, 0.2) is 24.3 Å². The molecule has 1 heterocycles. The fourth-order valence-electron chi connectivity index (χ4n) is 2.05. The molecule has 16 heavy (non-hydrogen) atoms. The Kier molecular flexibility index (Phi) is 3.86. The highest BCUT2D eigenvalue weighted by atomic mass is 35.5. The second kappa shape index (κ2) is 5.37. The lowest BCUT2D eigenvalue weighted by Gasteiger charge is -2.19. The SMILES string of the molecule is NC/C=C/c1ccc(N2CCCC2)c(Cl)c1. The van der Waals surface area contributed by atoms with Gasteiger partial charge >= 0.3 is 0 Å². The van der Waals surface area contributed by atoms with Crippen LogP contribution in [0.5, 0.6) is 0 Å². The summed E-state index contributed by atoms with van der Waals surface area (Å²) in [5, 5.41) is 0.834. The highest BCUT2D eigenvalue weighted by Crippen LogP contribution is 2.29. The first kappa shape index (κ1) is 11.5. The van der Waals surface area contributed by atoms with Crippen molar-refractivity contribution in [3.63, 3.8) is 0 Å². The molecule has 2 N–H and O–H groups in total. The molecule has 0 aromatic heterocycles. The van der Waals surface area contributed by atoms with Gasteiger partial charge in [-0.1, -0.05) is 29.8 Å². The van der Waals surface area contributed by atoms with Crippen molar-refractivity contribution in [3.05, 3.63) is 34.9 Å². The Morgan fingerprint density at radius 1 is 1.31 bits per heavy atom. The third kappa shape index (κ3) is 2.57. The van der Waals surface area contributed by atoms with Gasteiger partial charge in [-0.25, -0.2) is 0 Å². The number of rotatable bonds is 3. The number of hydrogen-bond donors (Lipinski definition) is 1. The first-order valence-corrected chi connectivity index (χ1v) is 6.10. The van der Waals surface area contributed by atoms with Gasteiger partial charge in [-0.3, -0.25) is 0 Å². The fraction of sp³-hybridized carbons (Fsp3) is 0.385. The number of halogens is 1. The predicted molar refractivity (Wildman–Crippen MR) is 71.0 cm³/mol. The minimum atomic E-state index is 0.561. The summed E-state index contributed by atoms with van der Waals surface area (Å²) >= 11 is 6.28. The van der Waals surface area contributed by atoms with E-state index in [1.807, 2.05) is 18.2 Å². The zero-order valence-corrected chi connectivity index (χ0v) is 10.1. The molecule has 0 spiro atoms. The summed E-state index contributed by atoms with van der Waals surface area (Å²) < 4.78 is 0. The van der Waals surface area contributed by atoms with Crippen LogP contribution in [0.25, 0.3) is 6.08 Å². The van der Waals surface area contributed by atoms with Crippen LogP contribution in [0, 0.1) is 0 Å². The van der Waals surface area contributed by atoms with Crippen molar-refractivity contribution < 1.29 is 0 Å². The summed E-state index contributed by atoms with van der Waals surface area (Å²) in [6.07, 6.45) is 6.47. The molecule has 1 aromatic rings. The van der Waals surface area contributed by atoms with Crippen molar-refractivity contribution in [1.82, 2.24) is 0 Å². The number of hydrogen-bond acceptors (Lipinski definition) is 2. The highest BCUT2D eigenvalue weighted by Gasteiger charge is 2.14. The average Bonchev–Trinajstić information content (AvgIpc) is 2.80. The van der Waals surface area contributed by atoms with Gasteiger partial charge in [-0.05, 0) is 30.5 Å². The minimum Gasteiger partial charge on any atom is -0.370 e. The molecule has 0 bridgehead atoms. The van der Waals surface area contributed by atoms with E-state index in [-0.39, 0.29) is 0 Å². The zero-order chi connectivity index (χ0) is 11.4. The van der Waals surface area contributed by atoms with Crippen LogP contribution in [0.2, 0.25) is 5.02 Å². The second-order valence-corrected chi connectivity index (χ2v) is 4.45. The Hall–Kier alpha value is -0.990. The van der Waals surface area contributed by atoms with Crippen molar-refractivity contribution in [3.8, 4) is 0 Å². The van der Waals surface area contributed by atoms with Crippen LogP contribution in [0.1, 0.15) is 18.4 Å². The van der Waals surface area contributed by atoms with Crippen molar-refractivity contribution in [1.29, 1.82) is 0 Å². The third-order valence-electron chi connectivity index (χ3n) is 2.86. The van der Waals surface area contributed by atoms with Crippen molar-refractivity contribution >= 4 is 23.4 Å². The number of nitrogens with two attached hydrogens (primary N) is 1. The fourth-order valence-corrected chi connectivity index (χ4v) is 2.35. The Balaban J connectivity index is 2.18. The number of nitrogens with zero attached hydrogens (tertiary/aromatic N) is 1. The molecule has 0 unspecified atom stereocenters. The normalized spacial score (nSPS) is 16.2. The molecule has 0 atom stereocenters. The van der Waals surface area contributed by atoms with E-state index in [2.05, 4.69) is 17.0 Å². The third-order valence-corrected chi connectivity index (χ3v) is 3.17. The van der Waals surface area contributed by atoms with Gasteiger partial charge < -0.3 is 10.6 Å². The average molecular weight is 237 g/mol. The molecule has 0 aliphatic carbocycles. The molecule has 1 saturated heterocycles. The topological polar surface area (TPSA) is 29.3 Å². The van der Waals surface area contributed by atoms with Crippen molar-refractivity contribution in [2.24, 2.45) is 5.73 Å². The smallest absolute Gasteiger partial charge is 0.0645 e. The molecule has 3 heteroatoms. The number of benzene rings is 1. The van der Waals surface area contributed by atoms with Crippen LogP contribution in [0.3, 0.4) is 0 Å². The van der Waals surface area contributed by atoms with Crippen molar-refractivity contribution in [2.45, 2.75) is 12.8 Å². The molecule has 2 nitrogen and oxygen atoms in total. The minimum absolute atomic E-state index is 0.561. The van der Waals surface area contributed by atoms with Gasteiger partial charge in [0.1, 0.15) is 0 Å². The first-order valence-electron chi connectivity index (χ1n) is 5.72. The molecule has 0 saturated carbocycles. The van der Waals surface area contributed by atoms with Gasteiger partial charge in [-0.2, -0.15) is 0 Å². The molecule has 0 radical (unpaired) electrons. The maximum atomic E-state index is 6.28. The van der Waals surface area contributed by atoms with E-state index in [1.54, 1.807) is 0 Å². The summed E-state index contributed by atoms with van der Waals surface area (Å²) in [6, 6.07) is 6.19.